The van der Waals surface area contributed by atoms with Crippen molar-refractivity contribution < 1.29 is 0 Å². The van der Waals surface area contributed by atoms with Crippen molar-refractivity contribution in [2.24, 2.45) is 5.73 Å². The molecule has 100 valence electrons. The summed E-state index contributed by atoms with van der Waals surface area (Å²) in [5.74, 6) is 0.700. The predicted molar refractivity (Wildman–Crippen MR) is 81.6 cm³/mol. The molecule has 2 N–H and O–H groups in total. The third-order valence-electron chi connectivity index (χ3n) is 2.84. The van der Waals surface area contributed by atoms with Crippen LogP contribution in [0.2, 0.25) is 0 Å². The molecule has 0 aliphatic rings. The molecule has 4 nitrogen and oxygen atoms in total. The van der Waals surface area contributed by atoms with E-state index in [-0.39, 0.29) is 0 Å². The number of nitrogens with zero attached hydrogens (tertiary/aromatic N) is 3. The van der Waals surface area contributed by atoms with Crippen LogP contribution in [-0.2, 0) is 0 Å². The quantitative estimate of drug-likeness (QED) is 0.920. The number of aromatic nitrogens is 2. The van der Waals surface area contributed by atoms with E-state index in [1.54, 1.807) is 12.4 Å². The number of aryl methyl sites for hydroxylation is 1. The van der Waals surface area contributed by atoms with Crippen LogP contribution in [-0.4, -0.2) is 23.1 Å². The van der Waals surface area contributed by atoms with Gasteiger partial charge in [0, 0.05) is 24.6 Å². The zero-order valence-electron chi connectivity index (χ0n) is 10.9. The fourth-order valence-electron chi connectivity index (χ4n) is 1.89. The molecule has 0 aliphatic heterocycles. The van der Waals surface area contributed by atoms with Gasteiger partial charge in [0.15, 0.2) is 0 Å². The summed E-state index contributed by atoms with van der Waals surface area (Å²) >= 11 is 3.35. The summed E-state index contributed by atoms with van der Waals surface area (Å²) in [6.07, 6.45) is 4.42. The van der Waals surface area contributed by atoms with Gasteiger partial charge < -0.3 is 10.6 Å². The van der Waals surface area contributed by atoms with Crippen LogP contribution in [0.4, 0.5) is 11.6 Å². The maximum absolute atomic E-state index is 5.62. The second kappa shape index (κ2) is 6.63. The third-order valence-corrected chi connectivity index (χ3v) is 3.25. The minimum Gasteiger partial charge on any atom is -0.330 e. The van der Waals surface area contributed by atoms with Crippen molar-refractivity contribution in [2.75, 3.05) is 18.0 Å². The Labute approximate surface area is 121 Å². The number of hydrogen-bond acceptors (Lipinski definition) is 4. The molecule has 0 bridgehead atoms. The minimum absolute atomic E-state index is 0.652. The summed E-state index contributed by atoms with van der Waals surface area (Å²) in [5, 5.41) is 0. The Morgan fingerprint density at radius 2 is 1.89 bits per heavy atom. The van der Waals surface area contributed by atoms with E-state index in [2.05, 4.69) is 49.9 Å². The fourth-order valence-corrected chi connectivity index (χ4v) is 2.09. The summed E-state index contributed by atoms with van der Waals surface area (Å²) < 4.78 is 0.875. The molecule has 1 aromatic carbocycles. The lowest BCUT2D eigenvalue weighted by Crippen LogP contribution is -2.23. The van der Waals surface area contributed by atoms with E-state index in [1.807, 2.05) is 12.1 Å². The molecule has 0 spiro atoms. The van der Waals surface area contributed by atoms with E-state index in [0.29, 0.717) is 12.5 Å². The van der Waals surface area contributed by atoms with Gasteiger partial charge in [0.1, 0.15) is 0 Å². The topological polar surface area (TPSA) is 55.0 Å². The van der Waals surface area contributed by atoms with Crippen molar-refractivity contribution in [3.8, 4) is 0 Å². The van der Waals surface area contributed by atoms with Crippen LogP contribution >= 0.6 is 15.9 Å². The molecule has 2 rings (SSSR count). The number of hydrogen-bond donors (Lipinski definition) is 1. The van der Waals surface area contributed by atoms with Gasteiger partial charge in [-0.05, 0) is 47.4 Å². The molecule has 0 amide bonds. The molecular formula is C14H17BrN4. The monoisotopic (exact) mass is 320 g/mol. The van der Waals surface area contributed by atoms with Crippen molar-refractivity contribution in [2.45, 2.75) is 13.3 Å². The van der Waals surface area contributed by atoms with Crippen molar-refractivity contribution in [3.63, 3.8) is 0 Å². The third kappa shape index (κ3) is 3.52. The number of para-hydroxylation sites is 1. The first-order valence-electron chi connectivity index (χ1n) is 6.23. The zero-order valence-corrected chi connectivity index (χ0v) is 12.5. The highest BCUT2D eigenvalue weighted by Gasteiger charge is 2.13. The molecule has 1 aromatic heterocycles. The van der Waals surface area contributed by atoms with Gasteiger partial charge in [0.2, 0.25) is 5.95 Å². The standard InChI is InChI=1S/C14H17BrN4/c1-11-5-2-3-6-13(11)19(8-4-7-16)14-17-9-12(15)10-18-14/h2-3,5-6,9-10H,4,7-8,16H2,1H3. The molecule has 2 aromatic rings. The van der Waals surface area contributed by atoms with Crippen LogP contribution in [0, 0.1) is 6.92 Å². The predicted octanol–water partition coefficient (Wildman–Crippen LogP) is 3.03. The molecule has 0 radical (unpaired) electrons. The van der Waals surface area contributed by atoms with Gasteiger partial charge in [-0.15, -0.1) is 0 Å². The second-order valence-electron chi connectivity index (χ2n) is 4.28. The first kappa shape index (κ1) is 14.0. The highest BCUT2D eigenvalue weighted by atomic mass is 79.9. The van der Waals surface area contributed by atoms with Gasteiger partial charge in [-0.25, -0.2) is 9.97 Å². The van der Waals surface area contributed by atoms with Crippen molar-refractivity contribution in [1.82, 2.24) is 9.97 Å². The zero-order chi connectivity index (χ0) is 13.7. The lowest BCUT2D eigenvalue weighted by atomic mass is 10.2. The number of benzene rings is 1. The smallest absolute Gasteiger partial charge is 0.229 e. The molecule has 0 aliphatic carbocycles. The molecule has 19 heavy (non-hydrogen) atoms. The highest BCUT2D eigenvalue weighted by Crippen LogP contribution is 2.25. The average Bonchev–Trinajstić information content (AvgIpc) is 2.43. The van der Waals surface area contributed by atoms with E-state index in [9.17, 15) is 0 Å². The van der Waals surface area contributed by atoms with Crippen molar-refractivity contribution in [1.29, 1.82) is 0 Å². The molecule has 5 heteroatoms. The molecule has 0 saturated carbocycles. The first-order valence-corrected chi connectivity index (χ1v) is 7.02. The maximum Gasteiger partial charge on any atom is 0.229 e. The SMILES string of the molecule is Cc1ccccc1N(CCCN)c1ncc(Br)cn1. The Morgan fingerprint density at radius 3 is 2.53 bits per heavy atom. The number of halogens is 1. The number of rotatable bonds is 5. The Balaban J connectivity index is 2.35. The Bertz CT molecular complexity index is 527. The normalized spacial score (nSPS) is 10.5. The average molecular weight is 321 g/mol. The van der Waals surface area contributed by atoms with Gasteiger partial charge in [0.05, 0.1) is 4.47 Å². The summed E-state index contributed by atoms with van der Waals surface area (Å²) in [6.45, 7) is 3.55. The molecule has 1 heterocycles. The van der Waals surface area contributed by atoms with Gasteiger partial charge in [-0.2, -0.15) is 0 Å². The van der Waals surface area contributed by atoms with Crippen LogP contribution in [0.5, 0.6) is 0 Å². The van der Waals surface area contributed by atoms with Crippen LogP contribution in [0.1, 0.15) is 12.0 Å². The molecule has 0 fully saturated rings. The van der Waals surface area contributed by atoms with Crippen LogP contribution in [0.3, 0.4) is 0 Å². The van der Waals surface area contributed by atoms with Crippen LogP contribution < -0.4 is 10.6 Å². The molecular weight excluding hydrogens is 304 g/mol. The maximum atomic E-state index is 5.62. The second-order valence-corrected chi connectivity index (χ2v) is 5.20. The van der Waals surface area contributed by atoms with E-state index in [1.165, 1.54) is 5.56 Å². The summed E-state index contributed by atoms with van der Waals surface area (Å²) in [4.78, 5) is 10.9. The Kier molecular flexibility index (Phi) is 4.87. The lowest BCUT2D eigenvalue weighted by Gasteiger charge is -2.24. The minimum atomic E-state index is 0.652. The van der Waals surface area contributed by atoms with Gasteiger partial charge in [-0.1, -0.05) is 18.2 Å². The molecule has 0 unspecified atom stereocenters. The van der Waals surface area contributed by atoms with Crippen molar-refractivity contribution in [3.05, 3.63) is 46.7 Å². The van der Waals surface area contributed by atoms with Gasteiger partial charge in [-0.3, -0.25) is 0 Å². The molecule has 0 saturated heterocycles. The Morgan fingerprint density at radius 1 is 1.21 bits per heavy atom. The van der Waals surface area contributed by atoms with Crippen LogP contribution in [0.15, 0.2) is 41.1 Å². The summed E-state index contributed by atoms with van der Waals surface area (Å²) in [5.41, 5.74) is 7.94. The largest absolute Gasteiger partial charge is 0.330 e. The van der Waals surface area contributed by atoms with E-state index in [0.717, 1.165) is 23.1 Å². The van der Waals surface area contributed by atoms with Gasteiger partial charge >= 0.3 is 0 Å². The highest BCUT2D eigenvalue weighted by molar-refractivity contribution is 9.10. The lowest BCUT2D eigenvalue weighted by molar-refractivity contribution is 0.797. The number of nitrogens with two attached hydrogens (primary N) is 1. The van der Waals surface area contributed by atoms with E-state index in [4.69, 9.17) is 5.73 Å². The first-order chi connectivity index (χ1) is 9.22. The molecule has 0 atom stereocenters. The summed E-state index contributed by atoms with van der Waals surface area (Å²) in [6, 6.07) is 8.22. The Hall–Kier alpha value is -1.46. The number of anilines is 2. The van der Waals surface area contributed by atoms with Crippen molar-refractivity contribution >= 4 is 27.6 Å². The van der Waals surface area contributed by atoms with E-state index < -0.39 is 0 Å². The van der Waals surface area contributed by atoms with E-state index >= 15 is 0 Å². The summed E-state index contributed by atoms with van der Waals surface area (Å²) in [7, 11) is 0. The van der Waals surface area contributed by atoms with Gasteiger partial charge in [0.25, 0.3) is 0 Å². The van der Waals surface area contributed by atoms with Crippen LogP contribution in [0.25, 0.3) is 0 Å². The fraction of sp³-hybridized carbons (Fsp3) is 0.286.